The zero-order valence-electron chi connectivity index (χ0n) is 7.41. The molecule has 1 nitrogen and oxygen atoms in total. The average molecular weight is 164 g/mol. The Balaban J connectivity index is 2.23. The van der Waals surface area contributed by atoms with E-state index in [0.29, 0.717) is 0 Å². The zero-order valence-corrected chi connectivity index (χ0v) is 7.41. The summed E-state index contributed by atoms with van der Waals surface area (Å²) in [5.74, 6) is 0.759. The Hall–Kier alpha value is -0.850. The van der Waals surface area contributed by atoms with Crippen molar-refractivity contribution in [3.8, 4) is 0 Å². The Morgan fingerprint density at radius 3 is 2.33 bits per heavy atom. The highest BCUT2D eigenvalue weighted by Crippen LogP contribution is 2.24. The highest BCUT2D eigenvalue weighted by atomic mass is 16.1. The highest BCUT2D eigenvalue weighted by molar-refractivity contribution is 5.65. The molecule has 0 bridgehead atoms. The summed E-state index contributed by atoms with van der Waals surface area (Å²) in [6.07, 6.45) is 15.1. The summed E-state index contributed by atoms with van der Waals surface area (Å²) in [6.45, 7) is 0. The molecular formula is C11H16O. The molecule has 1 aliphatic rings. The van der Waals surface area contributed by atoms with E-state index in [1.807, 2.05) is 12.2 Å². The zero-order chi connectivity index (χ0) is 8.65. The van der Waals surface area contributed by atoms with E-state index in [0.717, 1.165) is 12.2 Å². The van der Waals surface area contributed by atoms with Crippen LogP contribution in [0.5, 0.6) is 0 Å². The lowest BCUT2D eigenvalue weighted by Crippen LogP contribution is -2.02. The summed E-state index contributed by atoms with van der Waals surface area (Å²) in [4.78, 5) is 9.94. The molecular weight excluding hydrogens is 148 g/mol. The first kappa shape index (κ1) is 9.24. The maximum Gasteiger partial charge on any atom is 0.142 e. The summed E-state index contributed by atoms with van der Waals surface area (Å²) in [5, 5.41) is 0. The lowest BCUT2D eigenvalue weighted by molar-refractivity contribution is -0.104. The molecule has 0 aromatic heterocycles. The molecule has 0 aromatic rings. The number of hydrogen-bond donors (Lipinski definition) is 0. The Labute approximate surface area is 74.2 Å². The Bertz CT molecular complexity index is 173. The van der Waals surface area contributed by atoms with Gasteiger partial charge >= 0.3 is 0 Å². The second kappa shape index (κ2) is 5.76. The third-order valence-electron chi connectivity index (χ3n) is 2.33. The average Bonchev–Trinajstić information content (AvgIpc) is 2.14. The minimum atomic E-state index is 0.759. The molecule has 1 fully saturated rings. The quantitative estimate of drug-likeness (QED) is 0.356. The van der Waals surface area contributed by atoms with Crippen molar-refractivity contribution in [2.75, 3.05) is 0 Å². The standard InChI is InChI=1S/C11H16O/c12-10-6-2-5-9-11-7-3-1-4-8-11/h2,5-6,9-11H,1,3-4,7-8H2. The third-order valence-corrected chi connectivity index (χ3v) is 2.33. The molecule has 0 spiro atoms. The molecule has 0 amide bonds. The van der Waals surface area contributed by atoms with Gasteiger partial charge in [0, 0.05) is 0 Å². The van der Waals surface area contributed by atoms with Crippen molar-refractivity contribution in [1.29, 1.82) is 0 Å². The van der Waals surface area contributed by atoms with E-state index in [1.54, 1.807) is 0 Å². The maximum absolute atomic E-state index is 9.94. The monoisotopic (exact) mass is 164 g/mol. The second-order valence-electron chi connectivity index (χ2n) is 3.30. The topological polar surface area (TPSA) is 17.1 Å². The summed E-state index contributed by atoms with van der Waals surface area (Å²) in [6, 6.07) is 0. The van der Waals surface area contributed by atoms with Gasteiger partial charge < -0.3 is 0 Å². The molecule has 0 aromatic carbocycles. The van der Waals surface area contributed by atoms with Crippen LogP contribution in [-0.4, -0.2) is 6.29 Å². The Kier molecular flexibility index (Phi) is 4.43. The molecule has 0 N–H and O–H groups in total. The smallest absolute Gasteiger partial charge is 0.142 e. The molecule has 1 rings (SSSR count). The fourth-order valence-electron chi connectivity index (χ4n) is 1.66. The normalized spacial score (nSPS) is 20.7. The second-order valence-corrected chi connectivity index (χ2v) is 3.30. The van der Waals surface area contributed by atoms with Gasteiger partial charge in [-0.3, -0.25) is 4.79 Å². The van der Waals surface area contributed by atoms with Crippen molar-refractivity contribution >= 4 is 6.29 Å². The Morgan fingerprint density at radius 1 is 0.917 bits per heavy atom. The van der Waals surface area contributed by atoms with Crippen LogP contribution in [0.4, 0.5) is 0 Å². The highest BCUT2D eigenvalue weighted by Gasteiger charge is 2.08. The van der Waals surface area contributed by atoms with Crippen molar-refractivity contribution in [3.05, 3.63) is 24.3 Å². The predicted molar refractivity (Wildman–Crippen MR) is 50.9 cm³/mol. The first-order valence-corrected chi connectivity index (χ1v) is 4.72. The van der Waals surface area contributed by atoms with Crippen molar-refractivity contribution in [2.24, 2.45) is 5.92 Å². The predicted octanol–water partition coefficient (Wildman–Crippen LogP) is 2.88. The Morgan fingerprint density at radius 2 is 1.67 bits per heavy atom. The van der Waals surface area contributed by atoms with E-state index >= 15 is 0 Å². The van der Waals surface area contributed by atoms with Crippen LogP contribution >= 0.6 is 0 Å². The van der Waals surface area contributed by atoms with Gasteiger partial charge in [-0.25, -0.2) is 0 Å². The van der Waals surface area contributed by atoms with Gasteiger partial charge in [0.05, 0.1) is 0 Å². The number of hydrogen-bond acceptors (Lipinski definition) is 1. The van der Waals surface area contributed by atoms with Gasteiger partial charge in [0.25, 0.3) is 0 Å². The van der Waals surface area contributed by atoms with E-state index in [1.165, 1.54) is 38.2 Å². The minimum Gasteiger partial charge on any atom is -0.299 e. The molecule has 66 valence electrons. The summed E-state index contributed by atoms with van der Waals surface area (Å²) < 4.78 is 0. The number of allylic oxidation sites excluding steroid dienone is 4. The SMILES string of the molecule is O=CC=CC=CC1CCCCC1. The first-order chi connectivity index (χ1) is 5.93. The molecule has 0 radical (unpaired) electrons. The fourth-order valence-corrected chi connectivity index (χ4v) is 1.66. The minimum absolute atomic E-state index is 0.759. The van der Waals surface area contributed by atoms with Gasteiger partial charge in [-0.1, -0.05) is 37.5 Å². The first-order valence-electron chi connectivity index (χ1n) is 4.72. The lowest BCUT2D eigenvalue weighted by atomic mass is 9.89. The number of carbonyl (C=O) groups is 1. The van der Waals surface area contributed by atoms with E-state index in [9.17, 15) is 4.79 Å². The van der Waals surface area contributed by atoms with E-state index in [-0.39, 0.29) is 0 Å². The van der Waals surface area contributed by atoms with Crippen molar-refractivity contribution < 1.29 is 4.79 Å². The van der Waals surface area contributed by atoms with Crippen LogP contribution in [0.1, 0.15) is 32.1 Å². The van der Waals surface area contributed by atoms with Crippen LogP contribution in [0.15, 0.2) is 24.3 Å². The summed E-state index contributed by atoms with van der Waals surface area (Å²) in [5.41, 5.74) is 0. The fraction of sp³-hybridized carbons (Fsp3) is 0.545. The molecule has 1 saturated carbocycles. The molecule has 1 heteroatoms. The van der Waals surface area contributed by atoms with Crippen molar-refractivity contribution in [3.63, 3.8) is 0 Å². The van der Waals surface area contributed by atoms with Gasteiger partial charge in [0.15, 0.2) is 0 Å². The summed E-state index contributed by atoms with van der Waals surface area (Å²) in [7, 11) is 0. The molecule has 1 aliphatic carbocycles. The molecule has 0 aliphatic heterocycles. The van der Waals surface area contributed by atoms with Gasteiger partial charge in [-0.15, -0.1) is 0 Å². The molecule has 12 heavy (non-hydrogen) atoms. The van der Waals surface area contributed by atoms with Crippen LogP contribution in [0.25, 0.3) is 0 Å². The van der Waals surface area contributed by atoms with Crippen LogP contribution in [0.2, 0.25) is 0 Å². The number of rotatable bonds is 3. The lowest BCUT2D eigenvalue weighted by Gasteiger charge is -2.17. The van der Waals surface area contributed by atoms with E-state index in [2.05, 4.69) is 6.08 Å². The van der Waals surface area contributed by atoms with Crippen molar-refractivity contribution in [1.82, 2.24) is 0 Å². The van der Waals surface area contributed by atoms with Crippen LogP contribution < -0.4 is 0 Å². The summed E-state index contributed by atoms with van der Waals surface area (Å²) >= 11 is 0. The van der Waals surface area contributed by atoms with Gasteiger partial charge in [0.2, 0.25) is 0 Å². The largest absolute Gasteiger partial charge is 0.299 e. The molecule has 0 saturated heterocycles. The van der Waals surface area contributed by atoms with E-state index in [4.69, 9.17) is 0 Å². The van der Waals surface area contributed by atoms with Crippen molar-refractivity contribution in [2.45, 2.75) is 32.1 Å². The van der Waals surface area contributed by atoms with E-state index < -0.39 is 0 Å². The van der Waals surface area contributed by atoms with Gasteiger partial charge in [0.1, 0.15) is 6.29 Å². The maximum atomic E-state index is 9.94. The molecule has 0 heterocycles. The van der Waals surface area contributed by atoms with Gasteiger partial charge in [-0.05, 0) is 24.8 Å². The van der Waals surface area contributed by atoms with Gasteiger partial charge in [-0.2, -0.15) is 0 Å². The number of aldehydes is 1. The molecule has 0 unspecified atom stereocenters. The van der Waals surface area contributed by atoms with Crippen LogP contribution in [0, 0.1) is 5.92 Å². The third kappa shape index (κ3) is 3.51. The van der Waals surface area contributed by atoms with Crippen LogP contribution in [0.3, 0.4) is 0 Å². The van der Waals surface area contributed by atoms with Crippen LogP contribution in [-0.2, 0) is 4.79 Å². The molecule has 0 atom stereocenters. The number of carbonyl (C=O) groups excluding carboxylic acids is 1.